The number of hydrogen-bond donors (Lipinski definition) is 0. The molecule has 0 radical (unpaired) electrons. The summed E-state index contributed by atoms with van der Waals surface area (Å²) in [6, 6.07) is 0.840. The fourth-order valence-corrected chi connectivity index (χ4v) is 3.18. The number of carbonyl (C=O) groups is 1. The van der Waals surface area contributed by atoms with Gasteiger partial charge in [-0.05, 0) is 12.1 Å². The number of rotatable bonds is 4. The van der Waals surface area contributed by atoms with Gasteiger partial charge in [-0.1, -0.05) is 0 Å². The molecule has 0 aliphatic carbocycles. The van der Waals surface area contributed by atoms with E-state index in [4.69, 9.17) is 4.74 Å². The Morgan fingerprint density at radius 2 is 1.57 bits per heavy atom. The zero-order valence-corrected chi connectivity index (χ0v) is 17.6. The molecule has 0 bridgehead atoms. The van der Waals surface area contributed by atoms with Gasteiger partial charge in [-0.25, -0.2) is 24.6 Å². The molecule has 0 unspecified atom stereocenters. The zero-order valence-electron chi connectivity index (χ0n) is 17.6. The fourth-order valence-electron chi connectivity index (χ4n) is 3.18. The van der Waals surface area contributed by atoms with Gasteiger partial charge in [0.15, 0.2) is 5.82 Å². The molecule has 3 aromatic rings. The molecule has 184 valence electrons. The largest absolute Gasteiger partial charge is 0.433 e. The molecule has 1 aliphatic rings. The third-order valence-electron chi connectivity index (χ3n) is 4.83. The lowest BCUT2D eigenvalue weighted by Crippen LogP contribution is -2.41. The maximum absolute atomic E-state index is 13.1. The van der Waals surface area contributed by atoms with Crippen LogP contribution in [0.2, 0.25) is 0 Å². The van der Waals surface area contributed by atoms with Crippen LogP contribution >= 0.6 is 0 Å². The summed E-state index contributed by atoms with van der Waals surface area (Å²) < 4.78 is 85.1. The summed E-state index contributed by atoms with van der Waals surface area (Å²) in [7, 11) is 0. The van der Waals surface area contributed by atoms with Crippen molar-refractivity contribution in [2.75, 3.05) is 26.3 Å². The molecule has 9 nitrogen and oxygen atoms in total. The molecule has 0 atom stereocenters. The topological polar surface area (TPSA) is 98.9 Å². The van der Waals surface area contributed by atoms with Crippen molar-refractivity contribution in [1.29, 1.82) is 0 Å². The highest BCUT2D eigenvalue weighted by molar-refractivity contribution is 6.22. The Balaban J connectivity index is 1.74. The van der Waals surface area contributed by atoms with E-state index in [1.165, 1.54) is 29.8 Å². The Morgan fingerprint density at radius 1 is 0.971 bits per heavy atom. The van der Waals surface area contributed by atoms with Crippen molar-refractivity contribution < 1.29 is 35.9 Å². The first-order chi connectivity index (χ1) is 16.5. The Bertz CT molecular complexity index is 1200. The third-order valence-corrected chi connectivity index (χ3v) is 4.83. The van der Waals surface area contributed by atoms with Crippen molar-refractivity contribution in [3.8, 4) is 11.4 Å². The van der Waals surface area contributed by atoms with E-state index in [1.54, 1.807) is 0 Å². The summed E-state index contributed by atoms with van der Waals surface area (Å²) in [5.74, 6) is -0.843. The van der Waals surface area contributed by atoms with Crippen LogP contribution < -0.4 is 0 Å². The van der Waals surface area contributed by atoms with Crippen LogP contribution in [-0.4, -0.2) is 66.8 Å². The summed E-state index contributed by atoms with van der Waals surface area (Å²) in [5.41, 5.74) is -3.61. The van der Waals surface area contributed by atoms with Gasteiger partial charge in [0.05, 0.1) is 18.8 Å². The van der Waals surface area contributed by atoms with Gasteiger partial charge in [0.2, 0.25) is 0 Å². The predicted octanol–water partition coefficient (Wildman–Crippen LogP) is 3.02. The van der Waals surface area contributed by atoms with Gasteiger partial charge in [-0.2, -0.15) is 26.3 Å². The maximum Gasteiger partial charge on any atom is 0.433 e. The average molecular weight is 499 g/mol. The second-order valence-electron chi connectivity index (χ2n) is 7.24. The third kappa shape index (κ3) is 5.62. The van der Waals surface area contributed by atoms with E-state index in [0.29, 0.717) is 44.0 Å². The van der Waals surface area contributed by atoms with Crippen LogP contribution in [0.3, 0.4) is 0 Å². The first-order valence-electron chi connectivity index (χ1n) is 9.94. The zero-order chi connectivity index (χ0) is 25.2. The minimum atomic E-state index is -5.12. The molecule has 3 aromatic heterocycles. The molecule has 4 rings (SSSR count). The highest BCUT2D eigenvalue weighted by Crippen LogP contribution is 2.35. The lowest BCUT2D eigenvalue weighted by atomic mass is 10.1. The summed E-state index contributed by atoms with van der Waals surface area (Å²) in [6.45, 7) is 1.32. The van der Waals surface area contributed by atoms with Crippen LogP contribution in [0, 0.1) is 0 Å². The molecular formula is C20H15F6N7O2. The number of aromatic nitrogens is 6. The first kappa shape index (κ1) is 24.3. The van der Waals surface area contributed by atoms with Gasteiger partial charge in [0.1, 0.15) is 24.0 Å². The average Bonchev–Trinajstić information content (AvgIpc) is 3.31. The molecule has 1 amide bonds. The summed E-state index contributed by atoms with van der Waals surface area (Å²) in [6.07, 6.45) is -3.94. The predicted molar refractivity (Wildman–Crippen MR) is 107 cm³/mol. The van der Waals surface area contributed by atoms with Crippen LogP contribution in [0.1, 0.15) is 17.0 Å². The molecule has 0 N–H and O–H groups in total. The second kappa shape index (κ2) is 9.40. The molecule has 0 aromatic carbocycles. The van der Waals surface area contributed by atoms with Crippen molar-refractivity contribution in [2.24, 2.45) is 0 Å². The van der Waals surface area contributed by atoms with Gasteiger partial charge < -0.3 is 9.64 Å². The Morgan fingerprint density at radius 3 is 2.14 bits per heavy atom. The highest BCUT2D eigenvalue weighted by Gasteiger charge is 2.39. The lowest BCUT2D eigenvalue weighted by Gasteiger charge is -2.27. The molecule has 35 heavy (non-hydrogen) atoms. The van der Waals surface area contributed by atoms with Crippen LogP contribution in [0.5, 0.6) is 0 Å². The van der Waals surface area contributed by atoms with E-state index in [0.717, 1.165) is 11.0 Å². The van der Waals surface area contributed by atoms with Gasteiger partial charge in [0, 0.05) is 42.8 Å². The Hall–Kier alpha value is -3.88. The van der Waals surface area contributed by atoms with Crippen molar-refractivity contribution in [3.05, 3.63) is 54.1 Å². The number of alkyl halides is 6. The van der Waals surface area contributed by atoms with Crippen molar-refractivity contribution in [2.45, 2.75) is 12.4 Å². The number of morpholine rings is 1. The summed E-state index contributed by atoms with van der Waals surface area (Å²) >= 11 is 0. The molecular weight excluding hydrogens is 484 g/mol. The standard InChI is InChI=1S/C20H15F6N7O2/c21-19(22,23)15-5-12(6-16(30-15)20(24,25)26)17-29-11-33(31-17)9-14(13-7-27-10-28-8-13)18(34)32-1-3-35-4-2-32/h5-11H,1-4H2/b14-9+. The molecule has 1 saturated heterocycles. The molecule has 0 spiro atoms. The summed E-state index contributed by atoms with van der Waals surface area (Å²) in [5, 5.41) is 3.95. The van der Waals surface area contributed by atoms with Crippen LogP contribution in [0.4, 0.5) is 26.3 Å². The van der Waals surface area contributed by atoms with Crippen LogP contribution in [-0.2, 0) is 21.9 Å². The second-order valence-corrected chi connectivity index (χ2v) is 7.24. The van der Waals surface area contributed by atoms with E-state index in [9.17, 15) is 31.1 Å². The minimum absolute atomic E-state index is 0.0886. The van der Waals surface area contributed by atoms with Crippen LogP contribution in [0.15, 0.2) is 37.2 Å². The molecule has 4 heterocycles. The molecule has 1 aliphatic heterocycles. The normalized spacial score (nSPS) is 15.4. The first-order valence-corrected chi connectivity index (χ1v) is 9.94. The van der Waals surface area contributed by atoms with Gasteiger partial charge in [-0.3, -0.25) is 4.79 Å². The van der Waals surface area contributed by atoms with E-state index < -0.39 is 41.0 Å². The summed E-state index contributed by atoms with van der Waals surface area (Å²) in [4.78, 5) is 28.9. The quantitative estimate of drug-likeness (QED) is 0.402. The monoisotopic (exact) mass is 499 g/mol. The van der Waals surface area contributed by atoms with Crippen molar-refractivity contribution in [1.82, 2.24) is 34.6 Å². The Kier molecular flexibility index (Phi) is 6.51. The maximum atomic E-state index is 13.1. The number of pyridine rings is 1. The number of ether oxygens (including phenoxy) is 1. The number of halogens is 6. The van der Waals surface area contributed by atoms with Gasteiger partial charge in [-0.15, -0.1) is 5.10 Å². The minimum Gasteiger partial charge on any atom is -0.378 e. The number of hydrogen-bond acceptors (Lipinski definition) is 7. The number of nitrogens with zero attached hydrogens (tertiary/aromatic N) is 7. The number of carbonyl (C=O) groups excluding carboxylic acids is 1. The highest BCUT2D eigenvalue weighted by atomic mass is 19.4. The van der Waals surface area contributed by atoms with Crippen molar-refractivity contribution >= 4 is 17.7 Å². The molecule has 0 saturated carbocycles. The van der Waals surface area contributed by atoms with Gasteiger partial charge in [0.25, 0.3) is 5.91 Å². The SMILES string of the molecule is O=C(/C(=C/n1cnc(-c2cc(C(F)(F)F)nc(C(F)(F)F)c2)n1)c1cncnc1)N1CCOCC1. The van der Waals surface area contributed by atoms with E-state index in [2.05, 4.69) is 25.0 Å². The van der Waals surface area contributed by atoms with Gasteiger partial charge >= 0.3 is 12.4 Å². The Labute approximate surface area is 193 Å². The number of amides is 1. The van der Waals surface area contributed by atoms with E-state index in [1.807, 2.05) is 0 Å². The smallest absolute Gasteiger partial charge is 0.378 e. The van der Waals surface area contributed by atoms with E-state index in [-0.39, 0.29) is 5.57 Å². The molecule has 1 fully saturated rings. The van der Waals surface area contributed by atoms with Crippen LogP contribution in [0.25, 0.3) is 23.2 Å². The van der Waals surface area contributed by atoms with E-state index >= 15 is 0 Å². The lowest BCUT2D eigenvalue weighted by molar-refractivity contribution is -0.150. The fraction of sp³-hybridized carbons (Fsp3) is 0.300. The molecule has 15 heteroatoms. The van der Waals surface area contributed by atoms with Crippen molar-refractivity contribution in [3.63, 3.8) is 0 Å².